The van der Waals surface area contributed by atoms with E-state index in [-0.39, 0.29) is 10.9 Å². The summed E-state index contributed by atoms with van der Waals surface area (Å²) in [5.41, 5.74) is 1.00. The van der Waals surface area contributed by atoms with Crippen molar-refractivity contribution in [3.8, 4) is 0 Å². The zero-order chi connectivity index (χ0) is 11.5. The summed E-state index contributed by atoms with van der Waals surface area (Å²) < 4.78 is 0. The lowest BCUT2D eigenvalue weighted by molar-refractivity contribution is 0.380. The van der Waals surface area contributed by atoms with E-state index in [9.17, 15) is 0 Å². The van der Waals surface area contributed by atoms with Gasteiger partial charge in [0, 0.05) is 22.5 Å². The van der Waals surface area contributed by atoms with Crippen molar-refractivity contribution in [3.63, 3.8) is 0 Å². The summed E-state index contributed by atoms with van der Waals surface area (Å²) in [6.07, 6.45) is 0. The Kier molecular flexibility index (Phi) is 4.45. The fourth-order valence-corrected chi connectivity index (χ4v) is 1.39. The molecule has 15 heavy (non-hydrogen) atoms. The molecular formula is C12H17Cl2N. The van der Waals surface area contributed by atoms with Crippen molar-refractivity contribution in [2.75, 3.05) is 0 Å². The highest BCUT2D eigenvalue weighted by Crippen LogP contribution is 2.18. The van der Waals surface area contributed by atoms with E-state index in [2.05, 4.69) is 19.2 Å². The molecule has 0 saturated carbocycles. The minimum atomic E-state index is -0.0965. The van der Waals surface area contributed by atoms with E-state index in [0.29, 0.717) is 0 Å². The Balaban J connectivity index is 2.62. The van der Waals surface area contributed by atoms with Crippen LogP contribution in [0.4, 0.5) is 0 Å². The number of hydrogen-bond donors (Lipinski definition) is 1. The standard InChI is InChI=1S/C12H17Cl2N/c1-9(13)12(2,3)15-8-10-6-4-5-7-11(10)14/h4-7,9,15H,8H2,1-3H3. The molecule has 1 aromatic rings. The molecule has 1 aromatic carbocycles. The van der Waals surface area contributed by atoms with E-state index < -0.39 is 0 Å². The first-order chi connectivity index (χ1) is 6.93. The van der Waals surface area contributed by atoms with Gasteiger partial charge in [-0.2, -0.15) is 0 Å². The Labute approximate surface area is 102 Å². The Morgan fingerprint density at radius 1 is 1.33 bits per heavy atom. The predicted octanol–water partition coefficient (Wildman–Crippen LogP) is 3.84. The SMILES string of the molecule is CC(Cl)C(C)(C)NCc1ccccc1Cl. The van der Waals surface area contributed by atoms with E-state index in [0.717, 1.165) is 17.1 Å². The molecule has 0 fully saturated rings. The second-order valence-corrected chi connectivity index (χ2v) is 5.34. The second kappa shape index (κ2) is 5.20. The molecule has 0 bridgehead atoms. The normalized spacial score (nSPS) is 13.9. The van der Waals surface area contributed by atoms with Crippen LogP contribution in [0.25, 0.3) is 0 Å². The molecule has 1 atom stereocenters. The Morgan fingerprint density at radius 2 is 1.93 bits per heavy atom. The Morgan fingerprint density at radius 3 is 2.47 bits per heavy atom. The summed E-state index contributed by atoms with van der Waals surface area (Å²) in [5.74, 6) is 0. The van der Waals surface area contributed by atoms with Crippen LogP contribution in [0.5, 0.6) is 0 Å². The van der Waals surface area contributed by atoms with Gasteiger partial charge < -0.3 is 5.32 Å². The number of rotatable bonds is 4. The molecule has 0 radical (unpaired) electrons. The average Bonchev–Trinajstić information content (AvgIpc) is 2.16. The van der Waals surface area contributed by atoms with Crippen LogP contribution in [0.2, 0.25) is 5.02 Å². The molecule has 0 aliphatic rings. The first kappa shape index (κ1) is 12.8. The topological polar surface area (TPSA) is 12.0 Å². The molecule has 0 aromatic heterocycles. The maximum absolute atomic E-state index is 6.08. The van der Waals surface area contributed by atoms with Crippen molar-refractivity contribution in [3.05, 3.63) is 34.9 Å². The average molecular weight is 246 g/mol. The molecule has 1 nitrogen and oxygen atoms in total. The van der Waals surface area contributed by atoms with Gasteiger partial charge in [0.15, 0.2) is 0 Å². The molecule has 1 rings (SSSR count). The van der Waals surface area contributed by atoms with E-state index in [1.54, 1.807) is 0 Å². The summed E-state index contributed by atoms with van der Waals surface area (Å²) in [6.45, 7) is 6.90. The number of halogens is 2. The van der Waals surface area contributed by atoms with Crippen LogP contribution >= 0.6 is 23.2 Å². The quantitative estimate of drug-likeness (QED) is 0.796. The zero-order valence-corrected chi connectivity index (χ0v) is 10.9. The molecule has 0 saturated heterocycles. The number of hydrogen-bond acceptors (Lipinski definition) is 1. The van der Waals surface area contributed by atoms with Crippen molar-refractivity contribution in [1.29, 1.82) is 0 Å². The van der Waals surface area contributed by atoms with E-state index in [1.165, 1.54) is 0 Å². The lowest BCUT2D eigenvalue weighted by Crippen LogP contribution is -2.45. The minimum absolute atomic E-state index is 0.0694. The van der Waals surface area contributed by atoms with Crippen molar-refractivity contribution >= 4 is 23.2 Å². The molecule has 0 aliphatic heterocycles. The summed E-state index contributed by atoms with van der Waals surface area (Å²) in [7, 11) is 0. The molecule has 1 N–H and O–H groups in total. The van der Waals surface area contributed by atoms with E-state index in [4.69, 9.17) is 23.2 Å². The van der Waals surface area contributed by atoms with Crippen molar-refractivity contribution in [2.45, 2.75) is 38.2 Å². The third kappa shape index (κ3) is 3.67. The lowest BCUT2D eigenvalue weighted by atomic mass is 10.0. The smallest absolute Gasteiger partial charge is 0.0484 e. The first-order valence-corrected chi connectivity index (χ1v) is 5.87. The van der Waals surface area contributed by atoms with Gasteiger partial charge in [-0.15, -0.1) is 11.6 Å². The molecule has 3 heteroatoms. The highest BCUT2D eigenvalue weighted by atomic mass is 35.5. The summed E-state index contributed by atoms with van der Waals surface area (Å²) in [5, 5.41) is 4.26. The predicted molar refractivity (Wildman–Crippen MR) is 67.7 cm³/mol. The van der Waals surface area contributed by atoms with Crippen molar-refractivity contribution in [1.82, 2.24) is 5.32 Å². The van der Waals surface area contributed by atoms with Crippen LogP contribution in [0.1, 0.15) is 26.3 Å². The molecule has 0 aliphatic carbocycles. The highest BCUT2D eigenvalue weighted by Gasteiger charge is 2.23. The van der Waals surface area contributed by atoms with Gasteiger partial charge in [0.2, 0.25) is 0 Å². The Hall–Kier alpha value is -0.240. The fraction of sp³-hybridized carbons (Fsp3) is 0.500. The first-order valence-electron chi connectivity index (χ1n) is 5.06. The number of alkyl halides is 1. The van der Waals surface area contributed by atoms with E-state index >= 15 is 0 Å². The van der Waals surface area contributed by atoms with Crippen LogP contribution in [0.15, 0.2) is 24.3 Å². The molecular weight excluding hydrogens is 229 g/mol. The van der Waals surface area contributed by atoms with Crippen LogP contribution < -0.4 is 5.32 Å². The molecule has 1 unspecified atom stereocenters. The van der Waals surface area contributed by atoms with Gasteiger partial charge in [-0.3, -0.25) is 0 Å². The van der Waals surface area contributed by atoms with Crippen LogP contribution in [-0.4, -0.2) is 10.9 Å². The van der Waals surface area contributed by atoms with Gasteiger partial charge in [-0.1, -0.05) is 29.8 Å². The molecule has 0 spiro atoms. The molecule has 84 valence electrons. The second-order valence-electron chi connectivity index (χ2n) is 4.28. The van der Waals surface area contributed by atoms with Gasteiger partial charge in [-0.25, -0.2) is 0 Å². The van der Waals surface area contributed by atoms with Gasteiger partial charge in [-0.05, 0) is 32.4 Å². The van der Waals surface area contributed by atoms with Gasteiger partial charge >= 0.3 is 0 Å². The fourth-order valence-electron chi connectivity index (χ4n) is 1.11. The summed E-state index contributed by atoms with van der Waals surface area (Å²) in [4.78, 5) is 0. The molecule has 0 heterocycles. The van der Waals surface area contributed by atoms with E-state index in [1.807, 2.05) is 31.2 Å². The third-order valence-electron chi connectivity index (χ3n) is 2.69. The zero-order valence-electron chi connectivity index (χ0n) is 9.35. The number of benzene rings is 1. The minimum Gasteiger partial charge on any atom is -0.306 e. The summed E-state index contributed by atoms with van der Waals surface area (Å²) >= 11 is 12.1. The van der Waals surface area contributed by atoms with Crippen molar-refractivity contribution < 1.29 is 0 Å². The van der Waals surface area contributed by atoms with Crippen LogP contribution in [0, 0.1) is 0 Å². The van der Waals surface area contributed by atoms with Crippen molar-refractivity contribution in [2.24, 2.45) is 0 Å². The van der Waals surface area contributed by atoms with Crippen LogP contribution in [-0.2, 0) is 6.54 Å². The largest absolute Gasteiger partial charge is 0.306 e. The highest BCUT2D eigenvalue weighted by molar-refractivity contribution is 6.31. The molecule has 0 amide bonds. The Bertz CT molecular complexity index is 321. The maximum atomic E-state index is 6.08. The van der Waals surface area contributed by atoms with Gasteiger partial charge in [0.1, 0.15) is 0 Å². The third-order valence-corrected chi connectivity index (χ3v) is 3.60. The maximum Gasteiger partial charge on any atom is 0.0484 e. The summed E-state index contributed by atoms with van der Waals surface area (Å²) in [6, 6.07) is 7.83. The lowest BCUT2D eigenvalue weighted by Gasteiger charge is -2.29. The van der Waals surface area contributed by atoms with Gasteiger partial charge in [0.05, 0.1) is 0 Å². The van der Waals surface area contributed by atoms with Gasteiger partial charge in [0.25, 0.3) is 0 Å². The number of nitrogens with one attached hydrogen (secondary N) is 1. The van der Waals surface area contributed by atoms with Crippen LogP contribution in [0.3, 0.4) is 0 Å². The monoisotopic (exact) mass is 245 g/mol.